The van der Waals surface area contributed by atoms with Crippen LogP contribution >= 0.6 is 0 Å². The molecule has 5 nitrogen and oxygen atoms in total. The van der Waals surface area contributed by atoms with Crippen LogP contribution in [0.5, 0.6) is 11.5 Å². The van der Waals surface area contributed by atoms with Gasteiger partial charge in [-0.05, 0) is 24.6 Å². The second kappa shape index (κ2) is 6.86. The summed E-state index contributed by atoms with van der Waals surface area (Å²) in [5, 5.41) is 11.7. The molecule has 1 amide bonds. The van der Waals surface area contributed by atoms with Crippen LogP contribution in [0.15, 0.2) is 18.2 Å². The Balaban J connectivity index is 2.64. The summed E-state index contributed by atoms with van der Waals surface area (Å²) in [6.07, 6.45) is -0.299. The van der Waals surface area contributed by atoms with E-state index in [1.807, 2.05) is 6.07 Å². The van der Waals surface area contributed by atoms with E-state index < -0.39 is 6.10 Å². The van der Waals surface area contributed by atoms with E-state index >= 15 is 0 Å². The number of benzene rings is 1. The summed E-state index contributed by atoms with van der Waals surface area (Å²) in [6, 6.07) is 5.33. The zero-order valence-corrected chi connectivity index (χ0v) is 10.9. The van der Waals surface area contributed by atoms with E-state index in [2.05, 4.69) is 5.32 Å². The summed E-state index contributed by atoms with van der Waals surface area (Å²) in [5.41, 5.74) is 0.829. The molecule has 1 aromatic carbocycles. The van der Waals surface area contributed by atoms with Crippen molar-refractivity contribution in [3.63, 3.8) is 0 Å². The van der Waals surface area contributed by atoms with Crippen molar-refractivity contribution in [3.8, 4) is 11.5 Å². The molecule has 100 valence electrons. The number of hydrogen-bond acceptors (Lipinski definition) is 4. The molecule has 5 heteroatoms. The van der Waals surface area contributed by atoms with Crippen LogP contribution in [0.2, 0.25) is 0 Å². The number of aliphatic hydroxyl groups excluding tert-OH is 1. The maximum absolute atomic E-state index is 11.6. The molecule has 0 spiro atoms. The largest absolute Gasteiger partial charge is 0.493 e. The number of hydrogen-bond donors (Lipinski definition) is 2. The SMILES string of the molecule is COc1ccc(CC(=O)NC[C@@H](C)O)cc1OC. The summed E-state index contributed by atoms with van der Waals surface area (Å²) in [6.45, 7) is 1.88. The Morgan fingerprint density at radius 3 is 2.56 bits per heavy atom. The average Bonchev–Trinajstić information content (AvgIpc) is 2.36. The van der Waals surface area contributed by atoms with Gasteiger partial charge >= 0.3 is 0 Å². The lowest BCUT2D eigenvalue weighted by Gasteiger charge is -2.10. The molecule has 1 atom stereocenters. The molecule has 0 bridgehead atoms. The third-order valence-electron chi connectivity index (χ3n) is 2.41. The number of carbonyl (C=O) groups is 1. The van der Waals surface area contributed by atoms with E-state index in [-0.39, 0.29) is 18.9 Å². The van der Waals surface area contributed by atoms with E-state index in [0.29, 0.717) is 11.5 Å². The number of aliphatic hydroxyl groups is 1. The van der Waals surface area contributed by atoms with Gasteiger partial charge in [0.2, 0.25) is 5.91 Å². The third-order valence-corrected chi connectivity index (χ3v) is 2.41. The summed E-state index contributed by atoms with van der Waals surface area (Å²) >= 11 is 0. The van der Waals surface area contributed by atoms with Gasteiger partial charge in [-0.25, -0.2) is 0 Å². The summed E-state index contributed by atoms with van der Waals surface area (Å²) < 4.78 is 10.3. The maximum atomic E-state index is 11.6. The molecule has 2 N–H and O–H groups in total. The molecular formula is C13H19NO4. The van der Waals surface area contributed by atoms with Gasteiger partial charge < -0.3 is 19.9 Å². The highest BCUT2D eigenvalue weighted by Crippen LogP contribution is 2.27. The van der Waals surface area contributed by atoms with Gasteiger partial charge in [0.25, 0.3) is 0 Å². The van der Waals surface area contributed by atoms with Crippen LogP contribution in [0, 0.1) is 0 Å². The number of ether oxygens (including phenoxy) is 2. The van der Waals surface area contributed by atoms with Crippen molar-refractivity contribution in [3.05, 3.63) is 23.8 Å². The quantitative estimate of drug-likeness (QED) is 0.785. The van der Waals surface area contributed by atoms with Crippen molar-refractivity contribution in [1.29, 1.82) is 0 Å². The number of rotatable bonds is 6. The highest BCUT2D eigenvalue weighted by Gasteiger charge is 2.08. The summed E-state index contributed by atoms with van der Waals surface area (Å²) in [4.78, 5) is 11.6. The third kappa shape index (κ3) is 4.25. The highest BCUT2D eigenvalue weighted by molar-refractivity contribution is 5.78. The van der Waals surface area contributed by atoms with Crippen molar-refractivity contribution in [2.24, 2.45) is 0 Å². The van der Waals surface area contributed by atoms with Gasteiger partial charge in [0.15, 0.2) is 11.5 Å². The lowest BCUT2D eigenvalue weighted by Crippen LogP contribution is -2.31. The standard InChI is InChI=1S/C13H19NO4/c1-9(15)8-14-13(16)7-10-4-5-11(17-2)12(6-10)18-3/h4-6,9,15H,7-8H2,1-3H3,(H,14,16)/t9-/m1/s1. The molecule has 0 saturated heterocycles. The first kappa shape index (κ1) is 14.3. The van der Waals surface area contributed by atoms with E-state index in [9.17, 15) is 4.79 Å². The smallest absolute Gasteiger partial charge is 0.224 e. The number of amides is 1. The molecule has 0 saturated carbocycles. The van der Waals surface area contributed by atoms with Gasteiger partial charge in [0.05, 0.1) is 26.7 Å². The molecule has 1 rings (SSSR count). The Morgan fingerprint density at radius 1 is 1.33 bits per heavy atom. The van der Waals surface area contributed by atoms with Crippen molar-refractivity contribution < 1.29 is 19.4 Å². The first-order chi connectivity index (χ1) is 8.56. The predicted molar refractivity (Wildman–Crippen MR) is 67.9 cm³/mol. The summed E-state index contributed by atoms with van der Waals surface area (Å²) in [7, 11) is 3.11. The fraction of sp³-hybridized carbons (Fsp3) is 0.462. The Hall–Kier alpha value is -1.75. The Morgan fingerprint density at radius 2 is 2.00 bits per heavy atom. The van der Waals surface area contributed by atoms with Crippen molar-refractivity contribution >= 4 is 5.91 Å². The van der Waals surface area contributed by atoms with Crippen LogP contribution in [0.4, 0.5) is 0 Å². The molecule has 0 unspecified atom stereocenters. The fourth-order valence-corrected chi connectivity index (χ4v) is 1.50. The topological polar surface area (TPSA) is 67.8 Å². The van der Waals surface area contributed by atoms with E-state index in [0.717, 1.165) is 5.56 Å². The maximum Gasteiger partial charge on any atom is 0.224 e. The Kier molecular flexibility index (Phi) is 5.45. The minimum atomic E-state index is -0.542. The molecule has 0 aliphatic rings. The lowest BCUT2D eigenvalue weighted by molar-refractivity contribution is -0.120. The first-order valence-electron chi connectivity index (χ1n) is 5.72. The monoisotopic (exact) mass is 253 g/mol. The Bertz CT molecular complexity index is 404. The fourth-order valence-electron chi connectivity index (χ4n) is 1.50. The van der Waals surface area contributed by atoms with Gasteiger partial charge in [-0.1, -0.05) is 6.07 Å². The molecule has 0 aliphatic heterocycles. The molecule has 0 fully saturated rings. The minimum Gasteiger partial charge on any atom is -0.493 e. The number of nitrogens with one attached hydrogen (secondary N) is 1. The second-order valence-electron chi connectivity index (χ2n) is 4.02. The lowest BCUT2D eigenvalue weighted by atomic mass is 10.1. The molecule has 0 heterocycles. The number of carbonyl (C=O) groups excluding carboxylic acids is 1. The summed E-state index contributed by atoms with van der Waals surface area (Å²) in [5.74, 6) is 1.09. The molecule has 0 radical (unpaired) electrons. The van der Waals surface area contributed by atoms with Crippen LogP contribution in [0.25, 0.3) is 0 Å². The van der Waals surface area contributed by atoms with Crippen LogP contribution in [0.1, 0.15) is 12.5 Å². The van der Waals surface area contributed by atoms with Crippen molar-refractivity contribution in [2.45, 2.75) is 19.4 Å². The minimum absolute atomic E-state index is 0.136. The first-order valence-corrected chi connectivity index (χ1v) is 5.72. The van der Waals surface area contributed by atoms with Gasteiger partial charge in [-0.15, -0.1) is 0 Å². The van der Waals surface area contributed by atoms with E-state index in [4.69, 9.17) is 14.6 Å². The average molecular weight is 253 g/mol. The van der Waals surface area contributed by atoms with Gasteiger partial charge in [-0.2, -0.15) is 0 Å². The zero-order valence-electron chi connectivity index (χ0n) is 10.9. The van der Waals surface area contributed by atoms with Crippen LogP contribution in [-0.4, -0.2) is 37.9 Å². The van der Waals surface area contributed by atoms with E-state index in [1.165, 1.54) is 0 Å². The molecule has 1 aromatic rings. The predicted octanol–water partition coefficient (Wildman–Crippen LogP) is 0.743. The highest BCUT2D eigenvalue weighted by atomic mass is 16.5. The molecular weight excluding hydrogens is 234 g/mol. The van der Waals surface area contributed by atoms with Crippen LogP contribution in [-0.2, 0) is 11.2 Å². The van der Waals surface area contributed by atoms with Crippen LogP contribution < -0.4 is 14.8 Å². The molecule has 0 aliphatic carbocycles. The van der Waals surface area contributed by atoms with Gasteiger partial charge in [-0.3, -0.25) is 4.79 Å². The molecule has 18 heavy (non-hydrogen) atoms. The van der Waals surface area contributed by atoms with Crippen molar-refractivity contribution in [1.82, 2.24) is 5.32 Å². The second-order valence-corrected chi connectivity index (χ2v) is 4.02. The van der Waals surface area contributed by atoms with Gasteiger partial charge in [0.1, 0.15) is 0 Å². The number of methoxy groups -OCH3 is 2. The van der Waals surface area contributed by atoms with Gasteiger partial charge in [0, 0.05) is 6.54 Å². The van der Waals surface area contributed by atoms with E-state index in [1.54, 1.807) is 33.3 Å². The molecule has 0 aromatic heterocycles. The normalized spacial score (nSPS) is 11.8. The van der Waals surface area contributed by atoms with Crippen LogP contribution in [0.3, 0.4) is 0 Å². The van der Waals surface area contributed by atoms with Crippen molar-refractivity contribution in [2.75, 3.05) is 20.8 Å². The zero-order chi connectivity index (χ0) is 13.5. The Labute approximate surface area is 107 Å².